The summed E-state index contributed by atoms with van der Waals surface area (Å²) < 4.78 is 26.2. The van der Waals surface area contributed by atoms with Gasteiger partial charge in [-0.2, -0.15) is 0 Å². The maximum atomic E-state index is 14.9. The number of rotatable bonds is 3. The van der Waals surface area contributed by atoms with Crippen molar-refractivity contribution in [3.63, 3.8) is 0 Å². The number of aliphatic carboxylic acids is 1. The zero-order valence-electron chi connectivity index (χ0n) is 18.1. The first-order valence-corrected chi connectivity index (χ1v) is 10.6. The van der Waals surface area contributed by atoms with Crippen LogP contribution in [-0.4, -0.2) is 46.4 Å². The monoisotopic (exact) mass is 441 g/mol. The van der Waals surface area contributed by atoms with Gasteiger partial charge in [-0.05, 0) is 65.0 Å². The second-order valence-corrected chi connectivity index (χ2v) is 10.1. The first kappa shape index (κ1) is 22.7. The Balaban J connectivity index is 1.81. The van der Waals surface area contributed by atoms with Crippen LogP contribution < -0.4 is 4.74 Å². The Bertz CT molecular complexity index is 856. The second-order valence-electron chi connectivity index (χ2n) is 9.73. The lowest BCUT2D eigenvalue weighted by Gasteiger charge is -2.35. The van der Waals surface area contributed by atoms with Crippen LogP contribution in [0.4, 0.5) is 9.18 Å². The van der Waals surface area contributed by atoms with Crippen molar-refractivity contribution in [2.24, 2.45) is 5.92 Å². The lowest BCUT2D eigenvalue weighted by Crippen LogP contribution is -2.43. The van der Waals surface area contributed by atoms with Crippen LogP contribution in [0.25, 0.3) is 0 Å². The van der Waals surface area contributed by atoms with Crippen molar-refractivity contribution in [2.45, 2.75) is 71.0 Å². The normalized spacial score (nSPS) is 19.8. The molecule has 6 nitrogen and oxygen atoms in total. The van der Waals surface area contributed by atoms with Gasteiger partial charge in [0.15, 0.2) is 0 Å². The summed E-state index contributed by atoms with van der Waals surface area (Å²) in [5.74, 6) is -2.58. The number of hydrogen-bond acceptors (Lipinski definition) is 4. The summed E-state index contributed by atoms with van der Waals surface area (Å²) >= 11 is 6.30. The lowest BCUT2D eigenvalue weighted by atomic mass is 9.79. The molecule has 0 saturated carbocycles. The maximum Gasteiger partial charge on any atom is 0.410 e. The van der Waals surface area contributed by atoms with E-state index in [1.54, 1.807) is 31.7 Å². The van der Waals surface area contributed by atoms with Crippen LogP contribution in [0, 0.1) is 11.7 Å². The molecule has 0 bridgehead atoms. The van der Waals surface area contributed by atoms with Gasteiger partial charge in [0.05, 0.1) is 10.9 Å². The molecule has 30 heavy (non-hydrogen) atoms. The van der Waals surface area contributed by atoms with Crippen LogP contribution in [0.5, 0.6) is 5.75 Å². The largest absolute Gasteiger partial charge is 0.487 e. The van der Waals surface area contributed by atoms with E-state index in [0.29, 0.717) is 43.7 Å². The molecule has 2 aliphatic rings. The molecular weight excluding hydrogens is 413 g/mol. The number of fused-ring (bicyclic) bond motifs is 1. The van der Waals surface area contributed by atoms with Gasteiger partial charge in [-0.3, -0.25) is 4.79 Å². The molecular formula is C22H29ClFNO5. The Morgan fingerprint density at radius 2 is 1.93 bits per heavy atom. The molecule has 3 rings (SSSR count). The summed E-state index contributed by atoms with van der Waals surface area (Å²) in [6, 6.07) is 1.58. The van der Waals surface area contributed by atoms with Crippen LogP contribution in [0.3, 0.4) is 0 Å². The molecule has 0 unspecified atom stereocenters. The minimum Gasteiger partial charge on any atom is -0.487 e. The molecule has 0 spiro atoms. The minimum atomic E-state index is -1.07. The number of benzene rings is 1. The zero-order valence-corrected chi connectivity index (χ0v) is 18.8. The quantitative estimate of drug-likeness (QED) is 0.713. The summed E-state index contributed by atoms with van der Waals surface area (Å²) in [4.78, 5) is 26.0. The first-order chi connectivity index (χ1) is 13.8. The highest BCUT2D eigenvalue weighted by Crippen LogP contribution is 2.45. The topological polar surface area (TPSA) is 76.1 Å². The Labute approximate surface area is 181 Å². The number of carbonyl (C=O) groups excluding carboxylic acids is 1. The molecule has 0 radical (unpaired) electrons. The van der Waals surface area contributed by atoms with E-state index >= 15 is 0 Å². The van der Waals surface area contributed by atoms with Crippen molar-refractivity contribution in [1.82, 2.24) is 4.90 Å². The molecule has 0 aliphatic carbocycles. The third-order valence-electron chi connectivity index (χ3n) is 5.55. The molecule has 166 valence electrons. The molecule has 8 heteroatoms. The van der Waals surface area contributed by atoms with Crippen molar-refractivity contribution in [2.75, 3.05) is 13.1 Å². The van der Waals surface area contributed by atoms with E-state index in [4.69, 9.17) is 21.1 Å². The predicted molar refractivity (Wildman–Crippen MR) is 111 cm³/mol. The fourth-order valence-electron chi connectivity index (χ4n) is 4.23. The lowest BCUT2D eigenvalue weighted by molar-refractivity contribution is -0.140. The third-order valence-corrected chi connectivity index (χ3v) is 5.93. The summed E-state index contributed by atoms with van der Waals surface area (Å²) in [5.41, 5.74) is -0.546. The number of halogens is 2. The Kier molecular flexibility index (Phi) is 5.98. The van der Waals surface area contributed by atoms with Crippen LogP contribution in [0.15, 0.2) is 6.07 Å². The van der Waals surface area contributed by atoms with Crippen LogP contribution in [0.1, 0.15) is 64.5 Å². The van der Waals surface area contributed by atoms with Crippen LogP contribution in [0.2, 0.25) is 5.02 Å². The van der Waals surface area contributed by atoms with Gasteiger partial charge in [0.1, 0.15) is 22.8 Å². The number of piperidine rings is 1. The maximum absolute atomic E-state index is 14.9. The molecule has 1 N–H and O–H groups in total. The molecule has 1 saturated heterocycles. The zero-order chi connectivity index (χ0) is 22.4. The van der Waals surface area contributed by atoms with Gasteiger partial charge in [0.2, 0.25) is 0 Å². The van der Waals surface area contributed by atoms with E-state index in [1.807, 2.05) is 13.8 Å². The van der Waals surface area contributed by atoms with Gasteiger partial charge >= 0.3 is 12.1 Å². The van der Waals surface area contributed by atoms with Gasteiger partial charge in [-0.1, -0.05) is 11.6 Å². The Morgan fingerprint density at radius 3 is 2.47 bits per heavy atom. The van der Waals surface area contributed by atoms with E-state index in [2.05, 4.69) is 0 Å². The average Bonchev–Trinajstić information content (AvgIpc) is 2.93. The Morgan fingerprint density at radius 1 is 1.33 bits per heavy atom. The van der Waals surface area contributed by atoms with Gasteiger partial charge in [0, 0.05) is 25.1 Å². The van der Waals surface area contributed by atoms with Crippen molar-refractivity contribution >= 4 is 23.7 Å². The number of carbonyl (C=O) groups is 2. The highest BCUT2D eigenvalue weighted by molar-refractivity contribution is 6.32. The van der Waals surface area contributed by atoms with Crippen LogP contribution >= 0.6 is 11.6 Å². The average molecular weight is 442 g/mol. The first-order valence-electron chi connectivity index (χ1n) is 10.2. The van der Waals surface area contributed by atoms with Crippen molar-refractivity contribution < 1.29 is 28.6 Å². The fourth-order valence-corrected chi connectivity index (χ4v) is 4.52. The molecule has 2 heterocycles. The number of carboxylic acids is 1. The standard InChI is InChI=1S/C22H29ClFNO5/c1-21(2,3)30-20(28)25-8-6-12(7-9-25)16(19(26)27)13-10-15-14(18(24)17(13)23)11-22(4,5)29-15/h10,12,16H,6-9,11H2,1-5H3,(H,26,27)/t16-/m1/s1. The molecule has 1 atom stereocenters. The summed E-state index contributed by atoms with van der Waals surface area (Å²) in [5, 5.41) is 9.79. The van der Waals surface area contributed by atoms with Crippen molar-refractivity contribution in [3.05, 3.63) is 28.0 Å². The highest BCUT2D eigenvalue weighted by atomic mass is 35.5. The highest BCUT2D eigenvalue weighted by Gasteiger charge is 2.40. The SMILES string of the molecule is CC(C)(C)OC(=O)N1CCC([C@@H](C(=O)O)c2cc3c(c(F)c2Cl)CC(C)(C)O3)CC1. The fraction of sp³-hybridized carbons (Fsp3) is 0.636. The van der Waals surface area contributed by atoms with Crippen molar-refractivity contribution in [3.8, 4) is 5.75 Å². The summed E-state index contributed by atoms with van der Waals surface area (Å²) in [6.45, 7) is 9.83. The van der Waals surface area contributed by atoms with Crippen molar-refractivity contribution in [1.29, 1.82) is 0 Å². The second kappa shape index (κ2) is 7.91. The number of likely N-dealkylation sites (tertiary alicyclic amines) is 1. The Hall–Kier alpha value is -2.02. The number of ether oxygens (including phenoxy) is 2. The number of amides is 1. The predicted octanol–water partition coefficient (Wildman–Crippen LogP) is 5.01. The van der Waals surface area contributed by atoms with Crippen LogP contribution in [-0.2, 0) is 16.0 Å². The third kappa shape index (κ3) is 4.66. The van der Waals surface area contributed by atoms with Gasteiger partial charge in [-0.25, -0.2) is 9.18 Å². The van der Waals surface area contributed by atoms with E-state index in [1.165, 1.54) is 0 Å². The molecule has 1 aromatic carbocycles. The van der Waals surface area contributed by atoms with Gasteiger partial charge < -0.3 is 19.5 Å². The van der Waals surface area contributed by atoms with E-state index in [9.17, 15) is 19.1 Å². The smallest absolute Gasteiger partial charge is 0.410 e. The minimum absolute atomic E-state index is 0.156. The molecule has 2 aliphatic heterocycles. The van der Waals surface area contributed by atoms with E-state index in [-0.39, 0.29) is 16.5 Å². The van der Waals surface area contributed by atoms with Gasteiger partial charge in [-0.15, -0.1) is 0 Å². The molecule has 1 amide bonds. The molecule has 1 aromatic rings. The number of nitrogens with zero attached hydrogens (tertiary/aromatic N) is 1. The molecule has 0 aromatic heterocycles. The number of carboxylic acid groups (broad SMARTS) is 1. The van der Waals surface area contributed by atoms with E-state index < -0.39 is 35.0 Å². The summed E-state index contributed by atoms with van der Waals surface area (Å²) in [6.07, 6.45) is 0.875. The number of hydrogen-bond donors (Lipinski definition) is 1. The van der Waals surface area contributed by atoms with Gasteiger partial charge in [0.25, 0.3) is 0 Å². The molecule has 1 fully saturated rings. The summed E-state index contributed by atoms with van der Waals surface area (Å²) in [7, 11) is 0. The van der Waals surface area contributed by atoms with E-state index in [0.717, 1.165) is 0 Å².